The van der Waals surface area contributed by atoms with Gasteiger partial charge in [0.25, 0.3) is 5.24 Å². The highest BCUT2D eigenvalue weighted by atomic mass is 35.5. The lowest BCUT2D eigenvalue weighted by Crippen LogP contribution is -2.26. The summed E-state index contributed by atoms with van der Waals surface area (Å²) < 4.78 is 0. The minimum atomic E-state index is -0.382. The van der Waals surface area contributed by atoms with Crippen molar-refractivity contribution >= 4 is 16.8 Å². The average Bonchev–Trinajstić information content (AvgIpc) is 2.33. The Labute approximate surface area is 114 Å². The van der Waals surface area contributed by atoms with Crippen molar-refractivity contribution in [3.8, 4) is 0 Å². The van der Waals surface area contributed by atoms with Crippen LogP contribution < -0.4 is 0 Å². The number of carbonyl (C=O) groups excluding carboxylic acids is 1. The van der Waals surface area contributed by atoms with Crippen LogP contribution in [0, 0.1) is 0 Å². The van der Waals surface area contributed by atoms with Crippen molar-refractivity contribution < 1.29 is 4.79 Å². The highest BCUT2D eigenvalue weighted by Crippen LogP contribution is 2.14. The Morgan fingerprint density at radius 1 is 1.00 bits per heavy atom. The third-order valence-electron chi connectivity index (χ3n) is 3.54. The number of likely N-dealkylation sites (tertiary alicyclic amines) is 1. The summed E-state index contributed by atoms with van der Waals surface area (Å²) in [6, 6.07) is 7.65. The van der Waals surface area contributed by atoms with E-state index in [1.54, 1.807) is 0 Å². The van der Waals surface area contributed by atoms with Crippen LogP contribution in [0.1, 0.15) is 48.0 Å². The van der Waals surface area contributed by atoms with E-state index >= 15 is 0 Å². The van der Waals surface area contributed by atoms with Gasteiger partial charge in [-0.3, -0.25) is 9.69 Å². The summed E-state index contributed by atoms with van der Waals surface area (Å²) >= 11 is 5.44. The summed E-state index contributed by atoms with van der Waals surface area (Å²) in [7, 11) is 0. The van der Waals surface area contributed by atoms with Gasteiger partial charge in [-0.15, -0.1) is 0 Å². The first kappa shape index (κ1) is 13.6. The van der Waals surface area contributed by atoms with Crippen LogP contribution >= 0.6 is 11.6 Å². The van der Waals surface area contributed by atoms with E-state index in [0.717, 1.165) is 6.54 Å². The molecule has 0 radical (unpaired) electrons. The molecule has 2 rings (SSSR count). The third kappa shape index (κ3) is 4.11. The SMILES string of the molecule is O=C(Cl)c1ccc(CN2CCCCCCC2)cc1. The highest BCUT2D eigenvalue weighted by molar-refractivity contribution is 6.67. The zero-order valence-electron chi connectivity index (χ0n) is 10.7. The molecule has 1 saturated heterocycles. The fourth-order valence-corrected chi connectivity index (χ4v) is 2.60. The second-order valence-electron chi connectivity index (χ2n) is 5.01. The molecule has 1 heterocycles. The molecule has 18 heavy (non-hydrogen) atoms. The predicted octanol–water partition coefficient (Wildman–Crippen LogP) is 3.83. The number of halogens is 1. The molecule has 98 valence electrons. The van der Waals surface area contributed by atoms with Gasteiger partial charge < -0.3 is 0 Å². The Bertz CT molecular complexity index is 380. The number of hydrogen-bond donors (Lipinski definition) is 0. The van der Waals surface area contributed by atoms with Crippen molar-refractivity contribution in [3.05, 3.63) is 35.4 Å². The Morgan fingerprint density at radius 2 is 1.56 bits per heavy atom. The molecule has 1 aromatic carbocycles. The van der Waals surface area contributed by atoms with Crippen LogP contribution in [0.25, 0.3) is 0 Å². The molecule has 0 amide bonds. The highest BCUT2D eigenvalue weighted by Gasteiger charge is 2.09. The van der Waals surface area contributed by atoms with E-state index in [1.807, 2.05) is 24.3 Å². The summed E-state index contributed by atoms with van der Waals surface area (Å²) in [6.07, 6.45) is 6.71. The van der Waals surface area contributed by atoms with Gasteiger partial charge in [0.15, 0.2) is 0 Å². The van der Waals surface area contributed by atoms with Crippen LogP contribution in [0.2, 0.25) is 0 Å². The summed E-state index contributed by atoms with van der Waals surface area (Å²) in [5, 5.41) is -0.382. The van der Waals surface area contributed by atoms with E-state index in [9.17, 15) is 4.79 Å². The normalized spacial score (nSPS) is 18.1. The molecule has 1 aliphatic rings. The summed E-state index contributed by atoms with van der Waals surface area (Å²) in [5.74, 6) is 0. The van der Waals surface area contributed by atoms with Gasteiger partial charge in [0.05, 0.1) is 0 Å². The smallest absolute Gasteiger partial charge is 0.252 e. The quantitative estimate of drug-likeness (QED) is 0.774. The van der Waals surface area contributed by atoms with Crippen molar-refractivity contribution in [2.24, 2.45) is 0 Å². The van der Waals surface area contributed by atoms with Gasteiger partial charge in [-0.25, -0.2) is 0 Å². The first-order chi connectivity index (χ1) is 8.75. The fraction of sp³-hybridized carbons (Fsp3) is 0.533. The third-order valence-corrected chi connectivity index (χ3v) is 3.75. The van der Waals surface area contributed by atoms with Crippen LogP contribution in [0.3, 0.4) is 0 Å². The second-order valence-corrected chi connectivity index (χ2v) is 5.36. The first-order valence-electron chi connectivity index (χ1n) is 6.77. The van der Waals surface area contributed by atoms with Crippen LogP contribution in [-0.4, -0.2) is 23.2 Å². The van der Waals surface area contributed by atoms with Gasteiger partial charge in [-0.05, 0) is 55.2 Å². The Hall–Kier alpha value is -0.860. The molecular formula is C15H20ClNO. The van der Waals surface area contributed by atoms with Crippen LogP contribution in [0.15, 0.2) is 24.3 Å². The van der Waals surface area contributed by atoms with Crippen LogP contribution in [0.4, 0.5) is 0 Å². The lowest BCUT2D eigenvalue weighted by atomic mass is 10.1. The predicted molar refractivity (Wildman–Crippen MR) is 75.0 cm³/mol. The molecule has 0 saturated carbocycles. The first-order valence-corrected chi connectivity index (χ1v) is 7.14. The molecule has 1 aromatic rings. The van der Waals surface area contributed by atoms with E-state index in [4.69, 9.17) is 11.6 Å². The molecule has 0 atom stereocenters. The number of nitrogens with zero attached hydrogens (tertiary/aromatic N) is 1. The van der Waals surface area contributed by atoms with E-state index < -0.39 is 0 Å². The molecule has 0 spiro atoms. The maximum absolute atomic E-state index is 11.0. The number of benzene rings is 1. The summed E-state index contributed by atoms with van der Waals surface area (Å²) in [6.45, 7) is 3.36. The van der Waals surface area contributed by atoms with E-state index in [-0.39, 0.29) is 5.24 Å². The fourth-order valence-electron chi connectivity index (χ4n) is 2.47. The standard InChI is InChI=1S/C15H20ClNO/c16-15(18)14-8-6-13(7-9-14)12-17-10-4-2-1-3-5-11-17/h6-9H,1-5,10-12H2. The van der Waals surface area contributed by atoms with Gasteiger partial charge in [0.2, 0.25) is 0 Å². The van der Waals surface area contributed by atoms with Crippen molar-refractivity contribution in [2.45, 2.75) is 38.6 Å². The van der Waals surface area contributed by atoms with Crippen LogP contribution in [-0.2, 0) is 6.54 Å². The Morgan fingerprint density at radius 3 is 2.11 bits per heavy atom. The molecule has 0 aromatic heterocycles. The van der Waals surface area contributed by atoms with Gasteiger partial charge in [-0.2, -0.15) is 0 Å². The zero-order chi connectivity index (χ0) is 12.8. The van der Waals surface area contributed by atoms with Crippen molar-refractivity contribution in [1.29, 1.82) is 0 Å². The van der Waals surface area contributed by atoms with Gasteiger partial charge >= 0.3 is 0 Å². The molecule has 2 nitrogen and oxygen atoms in total. The van der Waals surface area contributed by atoms with Crippen molar-refractivity contribution in [1.82, 2.24) is 4.90 Å². The molecule has 3 heteroatoms. The summed E-state index contributed by atoms with van der Waals surface area (Å²) in [5.41, 5.74) is 1.84. The molecule has 1 aliphatic heterocycles. The lowest BCUT2D eigenvalue weighted by Gasteiger charge is -2.24. The monoisotopic (exact) mass is 265 g/mol. The second kappa shape index (κ2) is 6.91. The van der Waals surface area contributed by atoms with Gasteiger partial charge in [0.1, 0.15) is 0 Å². The van der Waals surface area contributed by atoms with Gasteiger partial charge in [-0.1, -0.05) is 31.4 Å². The largest absolute Gasteiger partial charge is 0.299 e. The van der Waals surface area contributed by atoms with E-state index in [2.05, 4.69) is 4.90 Å². The number of hydrogen-bond acceptors (Lipinski definition) is 2. The Kier molecular flexibility index (Phi) is 5.21. The minimum absolute atomic E-state index is 0.382. The number of rotatable bonds is 3. The molecule has 0 N–H and O–H groups in total. The zero-order valence-corrected chi connectivity index (χ0v) is 11.5. The molecule has 0 bridgehead atoms. The Balaban J connectivity index is 1.92. The lowest BCUT2D eigenvalue weighted by molar-refractivity contribution is 0.108. The molecule has 0 unspecified atom stereocenters. The van der Waals surface area contributed by atoms with Crippen LogP contribution in [0.5, 0.6) is 0 Å². The maximum Gasteiger partial charge on any atom is 0.252 e. The van der Waals surface area contributed by atoms with E-state index in [0.29, 0.717) is 5.56 Å². The summed E-state index contributed by atoms with van der Waals surface area (Å²) in [4.78, 5) is 13.5. The van der Waals surface area contributed by atoms with E-state index in [1.165, 1.54) is 50.8 Å². The molecular weight excluding hydrogens is 246 g/mol. The number of carbonyl (C=O) groups is 1. The van der Waals surface area contributed by atoms with Crippen molar-refractivity contribution in [3.63, 3.8) is 0 Å². The molecule has 1 fully saturated rings. The topological polar surface area (TPSA) is 20.3 Å². The average molecular weight is 266 g/mol. The van der Waals surface area contributed by atoms with Gasteiger partial charge in [0, 0.05) is 12.1 Å². The molecule has 0 aliphatic carbocycles. The van der Waals surface area contributed by atoms with Crippen molar-refractivity contribution in [2.75, 3.05) is 13.1 Å². The maximum atomic E-state index is 11.0. The minimum Gasteiger partial charge on any atom is -0.299 e.